The molecule has 0 spiro atoms. The predicted octanol–water partition coefficient (Wildman–Crippen LogP) is 3.67. The molecule has 1 atom stereocenters. The van der Waals surface area contributed by atoms with Crippen molar-refractivity contribution >= 4 is 41.3 Å². The van der Waals surface area contributed by atoms with Crippen LogP contribution in [0.25, 0.3) is 0 Å². The van der Waals surface area contributed by atoms with Crippen LogP contribution in [0, 0.1) is 5.92 Å². The molecule has 25 heavy (non-hydrogen) atoms. The summed E-state index contributed by atoms with van der Waals surface area (Å²) >= 11 is 1.71. The molecule has 1 saturated heterocycles. The maximum atomic E-state index is 4.71. The lowest BCUT2D eigenvalue weighted by atomic mass is 9.98. The van der Waals surface area contributed by atoms with Crippen LogP contribution in [-0.2, 0) is 6.54 Å². The van der Waals surface area contributed by atoms with Gasteiger partial charge in [-0.2, -0.15) is 0 Å². The highest BCUT2D eigenvalue weighted by Crippen LogP contribution is 2.18. The molecule has 0 saturated carbocycles. The van der Waals surface area contributed by atoms with Gasteiger partial charge in [-0.25, -0.2) is 9.98 Å². The Morgan fingerprint density at radius 2 is 2.20 bits per heavy atom. The van der Waals surface area contributed by atoms with Crippen LogP contribution >= 0.6 is 35.3 Å². The Kier molecular flexibility index (Phi) is 10.9. The Labute approximate surface area is 174 Å². The quantitative estimate of drug-likeness (QED) is 0.356. The molecular weight excluding hydrogens is 445 g/mol. The normalized spacial score (nSPS) is 18.9. The average Bonchev–Trinajstić information content (AvgIpc) is 3.07. The average molecular weight is 479 g/mol. The topological polar surface area (TPSA) is 52.6 Å². The number of hydrogen-bond donors (Lipinski definition) is 2. The van der Waals surface area contributed by atoms with Crippen molar-refractivity contribution in [3.8, 4) is 0 Å². The zero-order valence-electron chi connectivity index (χ0n) is 16.0. The van der Waals surface area contributed by atoms with Crippen LogP contribution in [0.5, 0.6) is 0 Å². The van der Waals surface area contributed by atoms with Gasteiger partial charge in [0.25, 0.3) is 0 Å². The first kappa shape index (κ1) is 22.6. The molecule has 1 aromatic heterocycles. The van der Waals surface area contributed by atoms with Crippen LogP contribution in [-0.4, -0.2) is 48.6 Å². The summed E-state index contributed by atoms with van der Waals surface area (Å²) < 4.78 is 0. The van der Waals surface area contributed by atoms with Crippen molar-refractivity contribution in [2.75, 3.05) is 32.7 Å². The van der Waals surface area contributed by atoms with E-state index < -0.39 is 0 Å². The number of aliphatic imine (C=N–C) groups is 1. The van der Waals surface area contributed by atoms with Crippen LogP contribution in [0.1, 0.15) is 57.2 Å². The Morgan fingerprint density at radius 1 is 1.40 bits per heavy atom. The summed E-state index contributed by atoms with van der Waals surface area (Å²) in [7, 11) is 0. The van der Waals surface area contributed by atoms with E-state index in [9.17, 15) is 0 Å². The maximum Gasteiger partial charge on any atom is 0.191 e. The van der Waals surface area contributed by atoms with Gasteiger partial charge in [0.1, 0.15) is 5.01 Å². The molecule has 1 aliphatic rings. The monoisotopic (exact) mass is 479 g/mol. The first-order chi connectivity index (χ1) is 11.6. The number of hydrogen-bond acceptors (Lipinski definition) is 4. The predicted molar refractivity (Wildman–Crippen MR) is 119 cm³/mol. The molecule has 0 amide bonds. The number of guanidine groups is 1. The summed E-state index contributed by atoms with van der Waals surface area (Å²) in [4.78, 5) is 11.9. The molecule has 144 valence electrons. The van der Waals surface area contributed by atoms with E-state index in [1.807, 2.05) is 0 Å². The Balaban J connectivity index is 0.00000312. The first-order valence-electron chi connectivity index (χ1n) is 9.31. The van der Waals surface area contributed by atoms with Crippen LogP contribution in [0.15, 0.2) is 10.4 Å². The molecule has 5 nitrogen and oxygen atoms in total. The summed E-state index contributed by atoms with van der Waals surface area (Å²) in [5.41, 5.74) is 1.17. The van der Waals surface area contributed by atoms with E-state index in [2.05, 4.69) is 53.6 Å². The van der Waals surface area contributed by atoms with Crippen LogP contribution in [0.4, 0.5) is 0 Å². The van der Waals surface area contributed by atoms with Crippen LogP contribution in [0.2, 0.25) is 0 Å². The Bertz CT molecular complexity index is 517. The van der Waals surface area contributed by atoms with Crippen molar-refractivity contribution in [1.82, 2.24) is 20.5 Å². The van der Waals surface area contributed by atoms with Crippen molar-refractivity contribution in [3.05, 3.63) is 16.1 Å². The van der Waals surface area contributed by atoms with Gasteiger partial charge in [0.2, 0.25) is 0 Å². The molecule has 2 heterocycles. The minimum absolute atomic E-state index is 0. The molecule has 2 N–H and O–H groups in total. The molecule has 0 aromatic carbocycles. The number of nitrogens with one attached hydrogen (secondary N) is 2. The standard InChI is InChI=1S/C18H33N5S.HI/c1-5-19-18(20-10-15-8-7-9-23(6-2)12-15)21-11-17-22-16(13-24-17)14(3)4;/h13-15H,5-12H2,1-4H3,(H2,19,20,21);1H. The zero-order chi connectivity index (χ0) is 17.4. The number of rotatable bonds is 7. The molecule has 1 aromatic rings. The minimum atomic E-state index is 0. The lowest BCUT2D eigenvalue weighted by Crippen LogP contribution is -2.44. The van der Waals surface area contributed by atoms with Gasteiger partial charge < -0.3 is 15.5 Å². The van der Waals surface area contributed by atoms with E-state index in [1.165, 1.54) is 31.6 Å². The second-order valence-corrected chi connectivity index (χ2v) is 7.74. The van der Waals surface area contributed by atoms with E-state index in [0.717, 1.165) is 36.5 Å². The maximum absolute atomic E-state index is 4.71. The summed E-state index contributed by atoms with van der Waals surface area (Å²) in [6.07, 6.45) is 2.62. The smallest absolute Gasteiger partial charge is 0.191 e. The molecule has 0 aliphatic carbocycles. The summed E-state index contributed by atoms with van der Waals surface area (Å²) in [5.74, 6) is 2.11. The fourth-order valence-electron chi connectivity index (χ4n) is 3.00. The lowest BCUT2D eigenvalue weighted by Gasteiger charge is -2.32. The highest BCUT2D eigenvalue weighted by atomic mass is 127. The third-order valence-corrected chi connectivity index (χ3v) is 5.34. The van der Waals surface area contributed by atoms with Crippen molar-refractivity contribution < 1.29 is 0 Å². The van der Waals surface area contributed by atoms with E-state index in [-0.39, 0.29) is 24.0 Å². The SMILES string of the molecule is CCNC(=NCc1nc(C(C)C)cs1)NCC1CCCN(CC)C1.I. The summed E-state index contributed by atoms with van der Waals surface area (Å²) in [6, 6.07) is 0. The van der Waals surface area contributed by atoms with Crippen molar-refractivity contribution in [3.63, 3.8) is 0 Å². The molecule has 0 radical (unpaired) electrons. The van der Waals surface area contributed by atoms with Crippen molar-refractivity contribution in [2.45, 2.75) is 53.0 Å². The summed E-state index contributed by atoms with van der Waals surface area (Å²) in [5, 5.41) is 10.1. The molecule has 2 rings (SSSR count). The van der Waals surface area contributed by atoms with Crippen molar-refractivity contribution in [1.29, 1.82) is 0 Å². The number of likely N-dealkylation sites (tertiary alicyclic amines) is 1. The van der Waals surface area contributed by atoms with Gasteiger partial charge in [-0.3, -0.25) is 0 Å². The number of piperidine rings is 1. The lowest BCUT2D eigenvalue weighted by molar-refractivity contribution is 0.183. The number of thiazole rings is 1. The largest absolute Gasteiger partial charge is 0.357 e. The molecular formula is C18H34IN5S. The molecule has 1 unspecified atom stereocenters. The highest BCUT2D eigenvalue weighted by Gasteiger charge is 2.18. The van der Waals surface area contributed by atoms with Gasteiger partial charge >= 0.3 is 0 Å². The van der Waals surface area contributed by atoms with E-state index in [4.69, 9.17) is 4.99 Å². The molecule has 1 aliphatic heterocycles. The third-order valence-electron chi connectivity index (χ3n) is 4.49. The Hall–Kier alpha value is -0.410. The van der Waals surface area contributed by atoms with E-state index in [0.29, 0.717) is 12.5 Å². The molecule has 0 bridgehead atoms. The van der Waals surface area contributed by atoms with Gasteiger partial charge in [-0.1, -0.05) is 20.8 Å². The number of aromatic nitrogens is 1. The minimum Gasteiger partial charge on any atom is -0.357 e. The molecule has 7 heteroatoms. The van der Waals surface area contributed by atoms with Gasteiger partial charge in [0.05, 0.1) is 12.2 Å². The van der Waals surface area contributed by atoms with Crippen LogP contribution < -0.4 is 10.6 Å². The highest BCUT2D eigenvalue weighted by molar-refractivity contribution is 14.0. The number of halogens is 1. The van der Waals surface area contributed by atoms with Crippen molar-refractivity contribution in [2.24, 2.45) is 10.9 Å². The third kappa shape index (κ3) is 7.78. The summed E-state index contributed by atoms with van der Waals surface area (Å²) in [6.45, 7) is 14.9. The van der Waals surface area contributed by atoms with Gasteiger partial charge in [0, 0.05) is 25.0 Å². The van der Waals surface area contributed by atoms with Crippen LogP contribution in [0.3, 0.4) is 0 Å². The number of nitrogens with zero attached hydrogens (tertiary/aromatic N) is 3. The second kappa shape index (κ2) is 12.1. The first-order valence-corrected chi connectivity index (χ1v) is 10.2. The Morgan fingerprint density at radius 3 is 2.84 bits per heavy atom. The van der Waals surface area contributed by atoms with Gasteiger partial charge in [-0.05, 0) is 44.7 Å². The van der Waals surface area contributed by atoms with Gasteiger partial charge in [0.15, 0.2) is 5.96 Å². The zero-order valence-corrected chi connectivity index (χ0v) is 19.2. The van der Waals surface area contributed by atoms with Gasteiger partial charge in [-0.15, -0.1) is 35.3 Å². The van der Waals surface area contributed by atoms with E-state index >= 15 is 0 Å². The fourth-order valence-corrected chi connectivity index (χ4v) is 3.88. The fraction of sp³-hybridized carbons (Fsp3) is 0.778. The van der Waals surface area contributed by atoms with E-state index in [1.54, 1.807) is 11.3 Å². The second-order valence-electron chi connectivity index (χ2n) is 6.80. The molecule has 1 fully saturated rings.